The van der Waals surface area contributed by atoms with E-state index in [1.54, 1.807) is 60.7 Å². The van der Waals surface area contributed by atoms with Gasteiger partial charge in [-0.15, -0.1) is 0 Å². The molecule has 0 radical (unpaired) electrons. The van der Waals surface area contributed by atoms with Gasteiger partial charge < -0.3 is 9.88 Å². The maximum absolute atomic E-state index is 14.3. The highest BCUT2D eigenvalue weighted by Gasteiger charge is 2.39. The van der Waals surface area contributed by atoms with Crippen LogP contribution in [-0.2, 0) is 24.7 Å². The Morgan fingerprint density at radius 1 is 0.413 bits per heavy atom. The molecule has 7 aromatic carbocycles. The first-order chi connectivity index (χ1) is 35.3. The van der Waals surface area contributed by atoms with Crippen LogP contribution in [0.5, 0.6) is 0 Å². The van der Waals surface area contributed by atoms with Crippen molar-refractivity contribution in [3.8, 4) is 27.9 Å². The average molecular weight is 1040 g/mol. The number of hydrogen-bond donors (Lipinski definition) is 1. The van der Waals surface area contributed by atoms with Gasteiger partial charge in [-0.2, -0.15) is 65.9 Å². The minimum atomic E-state index is -5.22. The van der Waals surface area contributed by atoms with Crippen LogP contribution in [0.2, 0.25) is 0 Å². The molecule has 19 heteroatoms. The molecule has 0 fully saturated rings. The second-order valence-electron chi connectivity index (χ2n) is 17.4. The summed E-state index contributed by atoms with van der Waals surface area (Å²) in [6, 6.07) is 31.7. The summed E-state index contributed by atoms with van der Waals surface area (Å²) < 4.78 is 215. The SMILES string of the molecule is FC(F)(F)C1=CC(=c2ccc(-n3c4cc(-c5cc(C(F)(F)F)cc(C(F)(F)F)c5)ccc4c4ccc(-c5cc(C(F)(F)F)cc(C(F)(F)F)c5)cc43)cc2=C2N=C(c3ccccc3)N=C(c3ccccc3)N2)CC=C1. The largest absolute Gasteiger partial charge is 0.416 e. The van der Waals surface area contributed by atoms with Crippen LogP contribution in [0.25, 0.3) is 61.1 Å². The van der Waals surface area contributed by atoms with Gasteiger partial charge in [0.15, 0.2) is 5.84 Å². The summed E-state index contributed by atoms with van der Waals surface area (Å²) in [5, 5.41) is 4.14. The molecule has 0 saturated carbocycles. The van der Waals surface area contributed by atoms with E-state index in [9.17, 15) is 65.9 Å². The molecule has 8 aromatic rings. The van der Waals surface area contributed by atoms with Gasteiger partial charge in [-0.05, 0) is 106 Å². The van der Waals surface area contributed by atoms with Crippen LogP contribution in [0.4, 0.5) is 65.9 Å². The van der Waals surface area contributed by atoms with Gasteiger partial charge in [-0.3, -0.25) is 0 Å². The van der Waals surface area contributed by atoms with Crippen molar-refractivity contribution in [3.05, 3.63) is 219 Å². The van der Waals surface area contributed by atoms with Crippen LogP contribution in [-0.4, -0.2) is 22.4 Å². The second kappa shape index (κ2) is 18.2. The number of fused-ring (bicyclic) bond motifs is 3. The van der Waals surface area contributed by atoms with Crippen LogP contribution in [0.1, 0.15) is 39.8 Å². The molecule has 380 valence electrons. The number of amidine groups is 2. The van der Waals surface area contributed by atoms with Crippen molar-refractivity contribution in [1.29, 1.82) is 0 Å². The standard InChI is InChI=1S/C56H31F15N4/c57-52(58,59)37-13-7-12-34(20-37)43-19-16-42(29-46(43)51-73-49(30-8-3-1-4-9-30)72-50(74-51)31-10-5-2-6-11-31)75-47-25-32(35-21-38(53(60,61)62)27-39(22-35)54(63,64)65)14-17-44(47)45-18-15-33(26-48(45)75)36-23-40(55(66,67)68)28-41(24-36)56(69,70)71/h1-11,13-29H,12H2,(H,72,73,74). The van der Waals surface area contributed by atoms with Crippen LogP contribution in [0.3, 0.4) is 0 Å². The van der Waals surface area contributed by atoms with Gasteiger partial charge >= 0.3 is 30.9 Å². The molecule has 75 heavy (non-hydrogen) atoms. The lowest BCUT2D eigenvalue weighted by Gasteiger charge is -2.19. The summed E-state index contributed by atoms with van der Waals surface area (Å²) in [4.78, 5) is 9.64. The summed E-state index contributed by atoms with van der Waals surface area (Å²) in [5.41, 5.74) is -7.22. The molecule has 2 aliphatic rings. The van der Waals surface area contributed by atoms with Crippen molar-refractivity contribution in [3.63, 3.8) is 0 Å². The van der Waals surface area contributed by atoms with E-state index in [1.165, 1.54) is 65.2 Å². The predicted octanol–water partition coefficient (Wildman–Crippen LogP) is 15.4. The Kier molecular flexibility index (Phi) is 12.2. The number of allylic oxidation sites excluding steroid dienone is 4. The predicted molar refractivity (Wildman–Crippen MR) is 255 cm³/mol. The van der Waals surface area contributed by atoms with Crippen molar-refractivity contribution in [1.82, 2.24) is 9.88 Å². The van der Waals surface area contributed by atoms with Crippen LogP contribution in [0.15, 0.2) is 185 Å². The molecular weight excluding hydrogens is 1010 g/mol. The lowest BCUT2D eigenvalue weighted by Crippen LogP contribution is -2.38. The molecule has 0 atom stereocenters. The second-order valence-corrected chi connectivity index (χ2v) is 17.4. The van der Waals surface area contributed by atoms with E-state index in [4.69, 9.17) is 9.98 Å². The first-order valence-electron chi connectivity index (χ1n) is 22.4. The van der Waals surface area contributed by atoms with Gasteiger partial charge in [0.1, 0.15) is 11.7 Å². The Balaban J connectivity index is 1.32. The zero-order valence-corrected chi connectivity index (χ0v) is 37.9. The average Bonchev–Trinajstić information content (AvgIpc) is 3.70. The molecule has 0 spiro atoms. The fourth-order valence-corrected chi connectivity index (χ4v) is 9.00. The van der Waals surface area contributed by atoms with Crippen LogP contribution < -0.4 is 15.8 Å². The van der Waals surface area contributed by atoms with Gasteiger partial charge in [0.2, 0.25) is 0 Å². The third-order valence-electron chi connectivity index (χ3n) is 12.5. The lowest BCUT2D eigenvalue weighted by molar-refractivity contribution is -0.144. The third kappa shape index (κ3) is 10.1. The van der Waals surface area contributed by atoms with E-state index in [2.05, 4.69) is 5.32 Å². The molecular formula is C56H31F15N4. The fraction of sp³-hybridized carbons (Fsp3) is 0.107. The Bertz CT molecular complexity index is 3650. The van der Waals surface area contributed by atoms with Gasteiger partial charge in [0.05, 0.1) is 38.9 Å². The number of aromatic nitrogens is 1. The van der Waals surface area contributed by atoms with Crippen molar-refractivity contribution >= 4 is 44.9 Å². The van der Waals surface area contributed by atoms with E-state index < -0.39 is 69.8 Å². The molecule has 0 bridgehead atoms. The number of alkyl halides is 15. The molecule has 4 nitrogen and oxygen atoms in total. The minimum Gasteiger partial charge on any atom is -0.324 e. The topological polar surface area (TPSA) is 41.7 Å². The monoisotopic (exact) mass is 1040 g/mol. The molecule has 0 amide bonds. The molecule has 1 N–H and O–H groups in total. The molecule has 1 aliphatic carbocycles. The third-order valence-corrected chi connectivity index (χ3v) is 12.5. The maximum atomic E-state index is 14.3. The number of nitrogens with zero attached hydrogens (tertiary/aromatic N) is 3. The smallest absolute Gasteiger partial charge is 0.324 e. The fourth-order valence-electron chi connectivity index (χ4n) is 9.00. The van der Waals surface area contributed by atoms with Crippen molar-refractivity contribution in [2.75, 3.05) is 0 Å². The van der Waals surface area contributed by atoms with Crippen molar-refractivity contribution in [2.24, 2.45) is 9.98 Å². The number of halogens is 15. The highest BCUT2D eigenvalue weighted by atomic mass is 19.4. The summed E-state index contributed by atoms with van der Waals surface area (Å²) >= 11 is 0. The number of aliphatic imine (C=N–C) groups is 2. The highest BCUT2D eigenvalue weighted by Crippen LogP contribution is 2.43. The Labute approximate surface area is 414 Å². The van der Waals surface area contributed by atoms with E-state index in [-0.39, 0.29) is 90.7 Å². The van der Waals surface area contributed by atoms with E-state index in [1.807, 2.05) is 0 Å². The zero-order valence-electron chi connectivity index (χ0n) is 37.9. The Morgan fingerprint density at radius 2 is 0.893 bits per heavy atom. The minimum absolute atomic E-state index is 0.00992. The van der Waals surface area contributed by atoms with Gasteiger partial charge in [0, 0.05) is 32.8 Å². The molecule has 1 aromatic heterocycles. The summed E-state index contributed by atoms with van der Waals surface area (Å²) in [5.74, 6) is 0.489. The number of hydrogen-bond acceptors (Lipinski definition) is 3. The molecule has 1 aliphatic heterocycles. The first kappa shape index (κ1) is 50.2. The molecule has 0 saturated heterocycles. The number of benzene rings is 7. The summed E-state index contributed by atoms with van der Waals surface area (Å²) in [7, 11) is 0. The lowest BCUT2D eigenvalue weighted by atomic mass is 9.97. The quantitative estimate of drug-likeness (QED) is 0.172. The number of rotatable bonds is 5. The van der Waals surface area contributed by atoms with Crippen LogP contribution >= 0.6 is 0 Å². The molecule has 2 heterocycles. The number of nitrogens with one attached hydrogen (secondary N) is 1. The molecule has 0 unspecified atom stereocenters. The Morgan fingerprint density at radius 3 is 1.36 bits per heavy atom. The summed E-state index contributed by atoms with van der Waals surface area (Å²) in [6.45, 7) is 0. The highest BCUT2D eigenvalue weighted by molar-refractivity contribution is 6.16. The van der Waals surface area contributed by atoms with E-state index in [0.29, 0.717) is 35.4 Å². The molecule has 10 rings (SSSR count). The first-order valence-corrected chi connectivity index (χ1v) is 22.4. The van der Waals surface area contributed by atoms with Crippen molar-refractivity contribution in [2.45, 2.75) is 37.3 Å². The normalized spacial score (nSPS) is 16.2. The van der Waals surface area contributed by atoms with Gasteiger partial charge in [0.25, 0.3) is 0 Å². The van der Waals surface area contributed by atoms with Gasteiger partial charge in [-0.25, -0.2) is 9.98 Å². The zero-order chi connectivity index (χ0) is 53.4. The van der Waals surface area contributed by atoms with E-state index in [0.717, 1.165) is 12.2 Å². The van der Waals surface area contributed by atoms with Crippen LogP contribution in [0, 0.1) is 0 Å². The Hall–Kier alpha value is -8.35. The van der Waals surface area contributed by atoms with Gasteiger partial charge in [-0.1, -0.05) is 103 Å². The van der Waals surface area contributed by atoms with Crippen molar-refractivity contribution < 1.29 is 65.9 Å². The maximum Gasteiger partial charge on any atom is 0.416 e. The summed E-state index contributed by atoms with van der Waals surface area (Å²) in [6.07, 6.45) is -22.5. The van der Waals surface area contributed by atoms with E-state index >= 15 is 0 Å².